The fourth-order valence-corrected chi connectivity index (χ4v) is 5.24. The van der Waals surface area contributed by atoms with Crippen LogP contribution < -0.4 is 5.32 Å². The van der Waals surface area contributed by atoms with Gasteiger partial charge in [-0.3, -0.25) is 4.79 Å². The lowest BCUT2D eigenvalue weighted by molar-refractivity contribution is -0.121. The summed E-state index contributed by atoms with van der Waals surface area (Å²) in [4.78, 5) is 20.4. The summed E-state index contributed by atoms with van der Waals surface area (Å²) in [6, 6.07) is 14.4. The molecule has 1 saturated heterocycles. The summed E-state index contributed by atoms with van der Waals surface area (Å²) in [5.41, 5.74) is 2.75. The summed E-state index contributed by atoms with van der Waals surface area (Å²) < 4.78 is 26.7. The predicted molar refractivity (Wildman–Crippen MR) is 115 cm³/mol. The minimum absolute atomic E-state index is 0.0725. The standard InChI is InChI=1S/C22H26N4O3S/c1-16(22-24-19-6-2-3-7-20(19)25-22)23-21(27)13-10-17-8-11-18(12-9-17)30(28,29)26-14-4-5-15-26/h2-3,6-9,11-12,16H,4-5,10,13-15H2,1H3,(H,23,27)(H,24,25). The van der Waals surface area contributed by atoms with E-state index in [0.717, 1.165) is 35.3 Å². The number of carbonyl (C=O) groups excluding carboxylic acids is 1. The second kappa shape index (κ2) is 8.57. The minimum Gasteiger partial charge on any atom is -0.346 e. The molecule has 8 heteroatoms. The Labute approximate surface area is 176 Å². The van der Waals surface area contributed by atoms with Crippen LogP contribution in [0.2, 0.25) is 0 Å². The van der Waals surface area contributed by atoms with Crippen LogP contribution in [0.25, 0.3) is 11.0 Å². The van der Waals surface area contributed by atoms with Crippen LogP contribution in [0, 0.1) is 0 Å². The van der Waals surface area contributed by atoms with Crippen molar-refractivity contribution in [3.05, 3.63) is 59.9 Å². The first kappa shape index (κ1) is 20.6. The first-order chi connectivity index (χ1) is 14.4. The van der Waals surface area contributed by atoms with E-state index in [4.69, 9.17) is 0 Å². The number of benzene rings is 2. The van der Waals surface area contributed by atoms with Gasteiger partial charge in [0.05, 0.1) is 22.0 Å². The molecule has 1 aliphatic heterocycles. The maximum atomic E-state index is 12.6. The molecular weight excluding hydrogens is 400 g/mol. The van der Waals surface area contributed by atoms with Crippen molar-refractivity contribution >= 4 is 27.0 Å². The van der Waals surface area contributed by atoms with Gasteiger partial charge in [-0.05, 0) is 56.0 Å². The molecule has 1 amide bonds. The Morgan fingerprint density at radius 3 is 2.53 bits per heavy atom. The summed E-state index contributed by atoms with van der Waals surface area (Å²) in [6.45, 7) is 3.08. The highest BCUT2D eigenvalue weighted by Crippen LogP contribution is 2.21. The van der Waals surface area contributed by atoms with Crippen LogP contribution in [0.5, 0.6) is 0 Å². The van der Waals surface area contributed by atoms with Gasteiger partial charge in [0.2, 0.25) is 15.9 Å². The summed E-state index contributed by atoms with van der Waals surface area (Å²) in [6.07, 6.45) is 2.70. The normalized spacial score (nSPS) is 16.0. The number of imidazole rings is 1. The lowest BCUT2D eigenvalue weighted by Crippen LogP contribution is -2.28. The number of hydrogen-bond acceptors (Lipinski definition) is 4. The average Bonchev–Trinajstić information content (AvgIpc) is 3.43. The Morgan fingerprint density at radius 2 is 1.83 bits per heavy atom. The van der Waals surface area contributed by atoms with Gasteiger partial charge < -0.3 is 10.3 Å². The lowest BCUT2D eigenvalue weighted by Gasteiger charge is -2.15. The molecular formula is C22H26N4O3S. The number of H-pyrrole nitrogens is 1. The van der Waals surface area contributed by atoms with Gasteiger partial charge in [0, 0.05) is 19.5 Å². The quantitative estimate of drug-likeness (QED) is 0.607. The molecule has 1 atom stereocenters. The van der Waals surface area contributed by atoms with E-state index in [2.05, 4.69) is 15.3 Å². The van der Waals surface area contributed by atoms with E-state index in [1.54, 1.807) is 24.3 Å². The molecule has 3 aromatic rings. The topological polar surface area (TPSA) is 95.2 Å². The van der Waals surface area contributed by atoms with E-state index in [1.165, 1.54) is 4.31 Å². The van der Waals surface area contributed by atoms with E-state index in [1.807, 2.05) is 31.2 Å². The van der Waals surface area contributed by atoms with Crippen molar-refractivity contribution in [1.82, 2.24) is 19.6 Å². The Bertz CT molecular complexity index is 1100. The van der Waals surface area contributed by atoms with Crippen LogP contribution in [-0.2, 0) is 21.2 Å². The Kier molecular flexibility index (Phi) is 5.87. The minimum atomic E-state index is -3.40. The van der Waals surface area contributed by atoms with Crippen LogP contribution in [0.3, 0.4) is 0 Å². The first-order valence-electron chi connectivity index (χ1n) is 10.3. The van der Waals surface area contributed by atoms with Gasteiger partial charge in [-0.1, -0.05) is 24.3 Å². The smallest absolute Gasteiger partial charge is 0.243 e. The molecule has 0 bridgehead atoms. The number of nitrogens with zero attached hydrogens (tertiary/aromatic N) is 2. The molecule has 30 heavy (non-hydrogen) atoms. The van der Waals surface area contributed by atoms with Crippen LogP contribution in [-0.4, -0.2) is 41.7 Å². The molecule has 0 radical (unpaired) electrons. The number of aryl methyl sites for hydroxylation is 1. The van der Waals surface area contributed by atoms with Gasteiger partial charge in [-0.15, -0.1) is 0 Å². The Morgan fingerprint density at radius 1 is 1.13 bits per heavy atom. The van der Waals surface area contributed by atoms with Gasteiger partial charge in [0.1, 0.15) is 5.82 Å². The SMILES string of the molecule is CC(NC(=O)CCc1ccc(S(=O)(=O)N2CCCC2)cc1)c1nc2ccccc2[nH]1. The molecule has 2 N–H and O–H groups in total. The molecule has 0 aliphatic carbocycles. The Hall–Kier alpha value is -2.71. The lowest BCUT2D eigenvalue weighted by atomic mass is 10.1. The molecule has 4 rings (SSSR count). The fourth-order valence-electron chi connectivity index (χ4n) is 3.72. The third kappa shape index (κ3) is 4.39. The zero-order valence-electron chi connectivity index (χ0n) is 17.0. The van der Waals surface area contributed by atoms with Crippen molar-refractivity contribution in [3.8, 4) is 0 Å². The number of para-hydroxylation sites is 2. The number of amides is 1. The summed E-state index contributed by atoms with van der Waals surface area (Å²) in [5.74, 6) is 0.651. The highest BCUT2D eigenvalue weighted by Gasteiger charge is 2.26. The van der Waals surface area contributed by atoms with Gasteiger partial charge in [0.15, 0.2) is 0 Å². The van der Waals surface area contributed by atoms with Crippen molar-refractivity contribution in [3.63, 3.8) is 0 Å². The fraction of sp³-hybridized carbons (Fsp3) is 0.364. The number of fused-ring (bicyclic) bond motifs is 1. The predicted octanol–water partition coefficient (Wildman–Crippen LogP) is 3.16. The van der Waals surface area contributed by atoms with Gasteiger partial charge in [-0.25, -0.2) is 13.4 Å². The average molecular weight is 427 g/mol. The van der Waals surface area contributed by atoms with Crippen molar-refractivity contribution in [2.24, 2.45) is 0 Å². The molecule has 1 unspecified atom stereocenters. The first-order valence-corrected chi connectivity index (χ1v) is 11.7. The largest absolute Gasteiger partial charge is 0.346 e. The molecule has 7 nitrogen and oxygen atoms in total. The summed E-state index contributed by atoms with van der Waals surface area (Å²) in [5, 5.41) is 2.96. The maximum absolute atomic E-state index is 12.6. The Balaban J connectivity index is 1.32. The van der Waals surface area contributed by atoms with E-state index in [-0.39, 0.29) is 11.9 Å². The van der Waals surface area contributed by atoms with E-state index >= 15 is 0 Å². The second-order valence-electron chi connectivity index (χ2n) is 7.68. The number of nitrogens with one attached hydrogen (secondary N) is 2. The zero-order chi connectivity index (χ0) is 21.1. The van der Waals surface area contributed by atoms with Crippen LogP contribution in [0.15, 0.2) is 53.4 Å². The van der Waals surface area contributed by atoms with Crippen molar-refractivity contribution in [2.45, 2.75) is 43.5 Å². The molecule has 2 aromatic carbocycles. The van der Waals surface area contributed by atoms with Gasteiger partial charge >= 0.3 is 0 Å². The highest BCUT2D eigenvalue weighted by molar-refractivity contribution is 7.89. The summed E-state index contributed by atoms with van der Waals surface area (Å²) >= 11 is 0. The molecule has 2 heterocycles. The number of aromatic amines is 1. The number of sulfonamides is 1. The number of hydrogen-bond donors (Lipinski definition) is 2. The van der Waals surface area contributed by atoms with E-state index in [9.17, 15) is 13.2 Å². The molecule has 1 aliphatic rings. The van der Waals surface area contributed by atoms with E-state index in [0.29, 0.717) is 30.8 Å². The van der Waals surface area contributed by atoms with E-state index < -0.39 is 10.0 Å². The summed E-state index contributed by atoms with van der Waals surface area (Å²) in [7, 11) is -3.40. The van der Waals surface area contributed by atoms with Crippen molar-refractivity contribution in [1.29, 1.82) is 0 Å². The molecule has 1 aromatic heterocycles. The van der Waals surface area contributed by atoms with Crippen LogP contribution in [0.1, 0.15) is 43.6 Å². The molecule has 0 spiro atoms. The maximum Gasteiger partial charge on any atom is 0.243 e. The second-order valence-corrected chi connectivity index (χ2v) is 9.62. The van der Waals surface area contributed by atoms with Crippen LogP contribution in [0.4, 0.5) is 0 Å². The third-order valence-electron chi connectivity index (χ3n) is 5.46. The highest BCUT2D eigenvalue weighted by atomic mass is 32.2. The number of carbonyl (C=O) groups is 1. The monoisotopic (exact) mass is 426 g/mol. The zero-order valence-corrected chi connectivity index (χ0v) is 17.8. The van der Waals surface area contributed by atoms with Crippen LogP contribution >= 0.6 is 0 Å². The van der Waals surface area contributed by atoms with Crippen molar-refractivity contribution in [2.75, 3.05) is 13.1 Å². The molecule has 158 valence electrons. The van der Waals surface area contributed by atoms with Crippen molar-refractivity contribution < 1.29 is 13.2 Å². The van der Waals surface area contributed by atoms with Gasteiger partial charge in [0.25, 0.3) is 0 Å². The van der Waals surface area contributed by atoms with Gasteiger partial charge in [-0.2, -0.15) is 4.31 Å². The number of rotatable bonds is 7. The third-order valence-corrected chi connectivity index (χ3v) is 7.38. The number of aromatic nitrogens is 2. The molecule has 1 fully saturated rings. The molecule has 0 saturated carbocycles.